The summed E-state index contributed by atoms with van der Waals surface area (Å²) in [6.45, 7) is 7.49. The number of para-hydroxylation sites is 2. The minimum absolute atomic E-state index is 0.387. The van der Waals surface area contributed by atoms with Crippen molar-refractivity contribution in [2.45, 2.75) is 44.3 Å². The van der Waals surface area contributed by atoms with Gasteiger partial charge in [0.25, 0.3) is 0 Å². The van der Waals surface area contributed by atoms with Crippen LogP contribution in [-0.4, -0.2) is 23.8 Å². The Balaban J connectivity index is 1.51. The molecule has 0 saturated heterocycles. The molecule has 1 aliphatic heterocycles. The topological polar surface area (TPSA) is 38.7 Å². The Morgan fingerprint density at radius 2 is 1.16 bits per heavy atom. The highest BCUT2D eigenvalue weighted by Crippen LogP contribution is 2.64. The van der Waals surface area contributed by atoms with E-state index in [9.17, 15) is 5.11 Å². The average Bonchev–Trinajstić information content (AvgIpc) is 3.31. The summed E-state index contributed by atoms with van der Waals surface area (Å²) in [4.78, 5) is 0. The Kier molecular flexibility index (Phi) is 5.54. The summed E-state index contributed by atoms with van der Waals surface area (Å²) in [5.41, 5.74) is 6.08. The second-order valence-electron chi connectivity index (χ2n) is 12.9. The third kappa shape index (κ3) is 3.57. The molecule has 0 fully saturated rings. The minimum Gasteiger partial charge on any atom is -0.457 e. The minimum atomic E-state index is -0.988. The summed E-state index contributed by atoms with van der Waals surface area (Å²) in [7, 11) is 0.387. The van der Waals surface area contributed by atoms with Gasteiger partial charge in [0.2, 0.25) is 0 Å². The van der Waals surface area contributed by atoms with Crippen LogP contribution in [0.3, 0.4) is 0 Å². The van der Waals surface area contributed by atoms with Gasteiger partial charge in [-0.05, 0) is 83.6 Å². The lowest BCUT2D eigenvalue weighted by Gasteiger charge is -2.40. The van der Waals surface area contributed by atoms with Crippen molar-refractivity contribution in [1.29, 1.82) is 0 Å². The summed E-state index contributed by atoms with van der Waals surface area (Å²) in [5.74, 6) is 1.75. The Morgan fingerprint density at radius 1 is 0.628 bits per heavy atom. The maximum atomic E-state index is 10.8. The first-order chi connectivity index (χ1) is 20.7. The van der Waals surface area contributed by atoms with Crippen LogP contribution >= 0.6 is 0 Å². The second kappa shape index (κ2) is 9.06. The van der Waals surface area contributed by atoms with Gasteiger partial charge < -0.3 is 14.5 Å². The number of ether oxygens (including phenoxy) is 1. The molecular weight excluding hydrogens is 527 g/mol. The van der Waals surface area contributed by atoms with Gasteiger partial charge in [0.1, 0.15) is 11.5 Å². The monoisotopic (exact) mass is 560 g/mol. The molecule has 8 rings (SSSR count). The van der Waals surface area contributed by atoms with Gasteiger partial charge in [-0.3, -0.25) is 0 Å². The normalized spacial score (nSPS) is 14.6. The van der Waals surface area contributed by atoms with Crippen LogP contribution in [0.15, 0.2) is 115 Å². The molecule has 2 aliphatic rings. The van der Waals surface area contributed by atoms with E-state index in [4.69, 9.17) is 9.39 Å². The molecule has 3 nitrogen and oxygen atoms in total. The quantitative estimate of drug-likeness (QED) is 0.175. The van der Waals surface area contributed by atoms with Gasteiger partial charge in [-0.2, -0.15) is 0 Å². The number of hydrogen-bond acceptors (Lipinski definition) is 3. The molecular formula is C39H33BO3. The maximum absolute atomic E-state index is 10.8. The highest BCUT2D eigenvalue weighted by molar-refractivity contribution is 6.47. The molecule has 1 N–H and O–H groups in total. The zero-order valence-corrected chi connectivity index (χ0v) is 24.9. The van der Waals surface area contributed by atoms with Crippen LogP contribution in [0.25, 0.3) is 32.7 Å². The molecule has 0 unspecified atom stereocenters. The van der Waals surface area contributed by atoms with E-state index < -0.39 is 16.6 Å². The zero-order chi connectivity index (χ0) is 29.6. The van der Waals surface area contributed by atoms with Crippen molar-refractivity contribution in [1.82, 2.24) is 0 Å². The molecule has 0 bridgehead atoms. The molecule has 4 heteroatoms. The molecule has 1 heterocycles. The first kappa shape index (κ1) is 26.3. The van der Waals surface area contributed by atoms with Crippen LogP contribution in [-0.2, 0) is 10.1 Å². The molecule has 0 atom stereocenters. The molecule has 1 aliphatic carbocycles. The average molecular weight is 561 g/mol. The van der Waals surface area contributed by atoms with Crippen LogP contribution in [0.4, 0.5) is 0 Å². The first-order valence-electron chi connectivity index (χ1n) is 15.0. The lowest BCUT2D eigenvalue weighted by Crippen LogP contribution is -2.49. The van der Waals surface area contributed by atoms with Gasteiger partial charge in [-0.15, -0.1) is 0 Å². The maximum Gasteiger partial charge on any atom is 0.309 e. The van der Waals surface area contributed by atoms with Gasteiger partial charge in [0.05, 0.1) is 16.6 Å². The molecule has 6 aromatic carbocycles. The van der Waals surface area contributed by atoms with Crippen molar-refractivity contribution >= 4 is 34.5 Å². The lowest BCUT2D eigenvalue weighted by atomic mass is 9.64. The molecule has 210 valence electrons. The van der Waals surface area contributed by atoms with Crippen molar-refractivity contribution in [3.8, 4) is 22.6 Å². The first-order valence-corrected chi connectivity index (χ1v) is 15.0. The van der Waals surface area contributed by atoms with Gasteiger partial charge in [0, 0.05) is 11.1 Å². The fraction of sp³-hybridized carbons (Fsp3) is 0.179. The van der Waals surface area contributed by atoms with Crippen LogP contribution in [0, 0.1) is 0 Å². The Hall–Kier alpha value is -4.38. The van der Waals surface area contributed by atoms with Crippen molar-refractivity contribution < 1.29 is 14.5 Å². The zero-order valence-electron chi connectivity index (χ0n) is 24.9. The van der Waals surface area contributed by atoms with E-state index in [1.54, 1.807) is 13.8 Å². The van der Waals surface area contributed by atoms with E-state index in [-0.39, 0.29) is 0 Å². The number of fused-ring (bicyclic) bond motifs is 14. The summed E-state index contributed by atoms with van der Waals surface area (Å²) in [6.07, 6.45) is 0. The number of aliphatic hydroxyl groups is 1. The van der Waals surface area contributed by atoms with E-state index in [1.807, 2.05) is 13.8 Å². The fourth-order valence-electron chi connectivity index (χ4n) is 7.15. The lowest BCUT2D eigenvalue weighted by molar-refractivity contribution is -0.0893. The van der Waals surface area contributed by atoms with E-state index in [0.29, 0.717) is 7.48 Å². The van der Waals surface area contributed by atoms with E-state index in [1.165, 1.54) is 43.8 Å². The Morgan fingerprint density at radius 3 is 1.79 bits per heavy atom. The number of benzene rings is 6. The molecule has 0 aromatic heterocycles. The molecule has 0 saturated carbocycles. The summed E-state index contributed by atoms with van der Waals surface area (Å²) >= 11 is 0. The molecule has 0 amide bonds. The number of rotatable bonds is 4. The van der Waals surface area contributed by atoms with Gasteiger partial charge in [-0.1, -0.05) is 109 Å². The van der Waals surface area contributed by atoms with Gasteiger partial charge in [-0.25, -0.2) is 0 Å². The van der Waals surface area contributed by atoms with Crippen LogP contribution in [0.5, 0.6) is 11.5 Å². The van der Waals surface area contributed by atoms with Crippen LogP contribution in [0.1, 0.15) is 49.9 Å². The predicted octanol–water partition coefficient (Wildman–Crippen LogP) is 8.00. The third-order valence-electron chi connectivity index (χ3n) is 9.94. The smallest absolute Gasteiger partial charge is 0.309 e. The number of hydrogen-bond donors (Lipinski definition) is 1. The third-order valence-corrected chi connectivity index (χ3v) is 9.94. The highest BCUT2D eigenvalue weighted by Gasteiger charge is 2.52. The largest absolute Gasteiger partial charge is 0.457 e. The SMILES string of the molecule is CC(C)(O)C(C)(C)OBc1ccc2c(c1)C1(c3ccccc3Oc3ccccc31)c1c-2c2ccccc2c2ccccc12. The van der Waals surface area contributed by atoms with E-state index >= 15 is 0 Å². The molecule has 6 aromatic rings. The summed E-state index contributed by atoms with van der Waals surface area (Å²) < 4.78 is 13.0. The van der Waals surface area contributed by atoms with Gasteiger partial charge in [0.15, 0.2) is 0 Å². The Bertz CT molecular complexity index is 2040. The standard InChI is InChI=1S/C39H33BO3/c1-37(2,41)38(3,4)43-40-24-21-22-29-32(23-24)39(30-17-9-11-19-33(30)42-34-20-12-10-18-31(34)39)36-28-16-8-6-14-26(28)25-13-5-7-15-27(25)35(29)36/h5-23,40-41H,1-4H3. The van der Waals surface area contributed by atoms with E-state index in [2.05, 4.69) is 115 Å². The summed E-state index contributed by atoms with van der Waals surface area (Å²) in [5, 5.41) is 15.8. The molecule has 0 radical (unpaired) electrons. The molecule has 1 spiro atoms. The van der Waals surface area contributed by atoms with Crippen molar-refractivity contribution in [2.24, 2.45) is 0 Å². The van der Waals surface area contributed by atoms with Crippen molar-refractivity contribution in [3.05, 3.63) is 138 Å². The molecule has 43 heavy (non-hydrogen) atoms. The fourth-order valence-corrected chi connectivity index (χ4v) is 7.15. The van der Waals surface area contributed by atoms with Crippen molar-refractivity contribution in [2.75, 3.05) is 0 Å². The Labute approximate surface area is 253 Å². The predicted molar refractivity (Wildman–Crippen MR) is 177 cm³/mol. The highest BCUT2D eigenvalue weighted by atomic mass is 16.5. The van der Waals surface area contributed by atoms with Crippen molar-refractivity contribution in [3.63, 3.8) is 0 Å². The second-order valence-corrected chi connectivity index (χ2v) is 12.9. The van der Waals surface area contributed by atoms with Gasteiger partial charge >= 0.3 is 7.48 Å². The van der Waals surface area contributed by atoms with Crippen LogP contribution < -0.4 is 10.2 Å². The summed E-state index contributed by atoms with van der Waals surface area (Å²) in [6, 6.07) is 41.4. The van der Waals surface area contributed by atoms with Crippen LogP contribution in [0.2, 0.25) is 0 Å². The van der Waals surface area contributed by atoms with E-state index in [0.717, 1.165) is 28.1 Å².